The molecule has 1 fully saturated rings. The van der Waals surface area contributed by atoms with Gasteiger partial charge in [-0.3, -0.25) is 0 Å². The van der Waals surface area contributed by atoms with Crippen molar-refractivity contribution in [3.8, 4) is 0 Å². The molecule has 20 heavy (non-hydrogen) atoms. The summed E-state index contributed by atoms with van der Waals surface area (Å²) < 4.78 is 28.8. The Kier molecular flexibility index (Phi) is 8.86. The Morgan fingerprint density at radius 1 is 1.25 bits per heavy atom. The van der Waals surface area contributed by atoms with Crippen LogP contribution < -0.4 is 0 Å². The first-order valence-electron chi connectivity index (χ1n) is 7.36. The fraction of sp³-hybridized carbons (Fsp3) is 1.00. The van der Waals surface area contributed by atoms with E-state index in [9.17, 15) is 0 Å². The van der Waals surface area contributed by atoms with Crippen molar-refractivity contribution in [2.45, 2.75) is 38.8 Å². The van der Waals surface area contributed by atoms with Crippen molar-refractivity contribution in [1.82, 2.24) is 0 Å². The van der Waals surface area contributed by atoms with E-state index in [-0.39, 0.29) is 18.3 Å². The summed E-state index contributed by atoms with van der Waals surface area (Å²) in [5.41, 5.74) is 0.207. The van der Waals surface area contributed by atoms with Gasteiger partial charge in [0.2, 0.25) is 0 Å². The quantitative estimate of drug-likeness (QED) is 0.744. The molecule has 0 aromatic carbocycles. The molecule has 1 aliphatic heterocycles. The molecule has 0 spiro atoms. The summed E-state index contributed by atoms with van der Waals surface area (Å²) in [4.78, 5) is 0. The Balaban J connectivity index is 2.59. The van der Waals surface area contributed by atoms with Gasteiger partial charge in [-0.1, -0.05) is 13.8 Å². The zero-order valence-corrected chi connectivity index (χ0v) is 13.8. The van der Waals surface area contributed by atoms with Gasteiger partial charge in [0.25, 0.3) is 0 Å². The molecule has 0 aromatic rings. The minimum atomic E-state index is -2.64. The number of hydrogen-bond acceptors (Lipinski definition) is 6. The van der Waals surface area contributed by atoms with Gasteiger partial charge >= 0.3 is 8.80 Å². The SMILES string of the molecule is CCO[Si]1(C(C)C)OCCOCC(OCCO)CCO1. The van der Waals surface area contributed by atoms with Crippen molar-refractivity contribution in [1.29, 1.82) is 0 Å². The maximum Gasteiger partial charge on any atom is 0.503 e. The molecule has 1 saturated heterocycles. The summed E-state index contributed by atoms with van der Waals surface area (Å²) >= 11 is 0. The molecule has 120 valence electrons. The van der Waals surface area contributed by atoms with Gasteiger partial charge in [0.15, 0.2) is 0 Å². The van der Waals surface area contributed by atoms with E-state index in [1.54, 1.807) is 0 Å². The molecule has 0 amide bonds. The fourth-order valence-corrected chi connectivity index (χ4v) is 4.47. The Bertz CT molecular complexity index is 253. The predicted molar refractivity (Wildman–Crippen MR) is 76.6 cm³/mol. The van der Waals surface area contributed by atoms with Crippen LogP contribution in [0.3, 0.4) is 0 Å². The second kappa shape index (κ2) is 9.83. The first kappa shape index (κ1) is 18.0. The van der Waals surface area contributed by atoms with Crippen molar-refractivity contribution in [3.63, 3.8) is 0 Å². The topological polar surface area (TPSA) is 66.4 Å². The van der Waals surface area contributed by atoms with E-state index in [2.05, 4.69) is 13.8 Å². The molecular weight excluding hydrogens is 280 g/mol. The van der Waals surface area contributed by atoms with Gasteiger partial charge in [-0.15, -0.1) is 0 Å². The van der Waals surface area contributed by atoms with Crippen LogP contribution in [0.4, 0.5) is 0 Å². The second-order valence-electron chi connectivity index (χ2n) is 4.97. The highest BCUT2D eigenvalue weighted by atomic mass is 28.4. The van der Waals surface area contributed by atoms with Crippen molar-refractivity contribution in [2.24, 2.45) is 0 Å². The molecule has 2 unspecified atom stereocenters. The second-order valence-corrected chi connectivity index (χ2v) is 8.20. The zero-order chi connectivity index (χ0) is 14.8. The summed E-state index contributed by atoms with van der Waals surface area (Å²) in [6.07, 6.45) is 0.651. The van der Waals surface area contributed by atoms with Crippen molar-refractivity contribution < 1.29 is 27.9 Å². The normalized spacial score (nSPS) is 29.6. The highest BCUT2D eigenvalue weighted by Gasteiger charge is 2.45. The van der Waals surface area contributed by atoms with Gasteiger partial charge in [-0.05, 0) is 13.3 Å². The lowest BCUT2D eigenvalue weighted by atomic mass is 10.3. The molecule has 6 nitrogen and oxygen atoms in total. The van der Waals surface area contributed by atoms with Crippen LogP contribution in [0.5, 0.6) is 0 Å². The van der Waals surface area contributed by atoms with Gasteiger partial charge in [-0.2, -0.15) is 0 Å². The van der Waals surface area contributed by atoms with Gasteiger partial charge in [0.05, 0.1) is 39.1 Å². The molecule has 1 N–H and O–H groups in total. The standard InChI is InChI=1S/C13H28O6Si/c1-4-17-20(12(2)3)18-7-5-13(16-8-6-14)11-15-9-10-19-20/h12-14H,4-11H2,1-3H3. The molecule has 0 bridgehead atoms. The van der Waals surface area contributed by atoms with E-state index >= 15 is 0 Å². The molecule has 0 radical (unpaired) electrons. The highest BCUT2D eigenvalue weighted by molar-refractivity contribution is 6.62. The monoisotopic (exact) mass is 308 g/mol. The smallest absolute Gasteiger partial charge is 0.394 e. The molecule has 2 atom stereocenters. The Morgan fingerprint density at radius 2 is 2.00 bits per heavy atom. The lowest BCUT2D eigenvalue weighted by Gasteiger charge is -2.33. The van der Waals surface area contributed by atoms with Crippen LogP contribution in [-0.2, 0) is 22.8 Å². The Hall–Kier alpha value is -0.0231. The van der Waals surface area contributed by atoms with Gasteiger partial charge in [0, 0.05) is 18.8 Å². The minimum Gasteiger partial charge on any atom is -0.394 e. The van der Waals surface area contributed by atoms with Gasteiger partial charge in [-0.25, -0.2) is 0 Å². The number of ether oxygens (including phenoxy) is 2. The molecule has 0 saturated carbocycles. The van der Waals surface area contributed by atoms with E-state index < -0.39 is 8.80 Å². The van der Waals surface area contributed by atoms with Crippen molar-refractivity contribution in [2.75, 3.05) is 46.2 Å². The molecule has 1 aliphatic rings. The largest absolute Gasteiger partial charge is 0.503 e. The lowest BCUT2D eigenvalue weighted by Crippen LogP contribution is -2.50. The minimum absolute atomic E-state index is 0.0180. The van der Waals surface area contributed by atoms with Crippen LogP contribution in [0.2, 0.25) is 5.54 Å². The van der Waals surface area contributed by atoms with Crippen molar-refractivity contribution >= 4 is 8.80 Å². The fourth-order valence-electron chi connectivity index (χ4n) is 2.05. The number of aliphatic hydroxyl groups excluding tert-OH is 1. The van der Waals surface area contributed by atoms with Crippen LogP contribution in [0.1, 0.15) is 27.2 Å². The predicted octanol–water partition coefficient (Wildman–Crippen LogP) is 1.20. The zero-order valence-electron chi connectivity index (χ0n) is 12.8. The van der Waals surface area contributed by atoms with E-state index in [0.29, 0.717) is 46.1 Å². The van der Waals surface area contributed by atoms with E-state index in [1.807, 2.05) is 6.92 Å². The third-order valence-corrected chi connectivity index (χ3v) is 6.39. The maximum atomic E-state index is 8.82. The van der Waals surface area contributed by atoms with E-state index in [1.165, 1.54) is 0 Å². The summed E-state index contributed by atoms with van der Waals surface area (Å²) in [7, 11) is -2.64. The van der Waals surface area contributed by atoms with Crippen LogP contribution in [0.25, 0.3) is 0 Å². The van der Waals surface area contributed by atoms with E-state index in [4.69, 9.17) is 27.9 Å². The summed E-state index contributed by atoms with van der Waals surface area (Å²) in [5, 5.41) is 8.82. The number of hydrogen-bond donors (Lipinski definition) is 1. The molecule has 1 heterocycles. The third kappa shape index (κ3) is 5.77. The van der Waals surface area contributed by atoms with Gasteiger partial charge < -0.3 is 27.9 Å². The van der Waals surface area contributed by atoms with E-state index in [0.717, 1.165) is 0 Å². The van der Waals surface area contributed by atoms with Crippen molar-refractivity contribution in [3.05, 3.63) is 0 Å². The number of aliphatic hydroxyl groups is 1. The first-order valence-corrected chi connectivity index (χ1v) is 9.17. The molecule has 7 heteroatoms. The molecular formula is C13H28O6Si. The maximum absolute atomic E-state index is 8.82. The van der Waals surface area contributed by atoms with Crippen LogP contribution in [0.15, 0.2) is 0 Å². The Morgan fingerprint density at radius 3 is 2.65 bits per heavy atom. The summed E-state index contributed by atoms with van der Waals surface area (Å²) in [6, 6.07) is 0. The molecule has 0 aromatic heterocycles. The highest BCUT2D eigenvalue weighted by Crippen LogP contribution is 2.25. The third-order valence-electron chi connectivity index (χ3n) is 3.08. The summed E-state index contributed by atoms with van der Waals surface area (Å²) in [6.45, 7) is 8.98. The van der Waals surface area contributed by atoms with Crippen LogP contribution >= 0.6 is 0 Å². The van der Waals surface area contributed by atoms with Crippen LogP contribution in [-0.4, -0.2) is 66.3 Å². The Labute approximate surface area is 122 Å². The lowest BCUT2D eigenvalue weighted by molar-refractivity contribution is -0.0597. The average Bonchev–Trinajstić information content (AvgIpc) is 2.43. The molecule has 0 aliphatic carbocycles. The van der Waals surface area contributed by atoms with Gasteiger partial charge in [0.1, 0.15) is 0 Å². The number of rotatable bonds is 6. The van der Waals surface area contributed by atoms with Crippen LogP contribution in [0, 0.1) is 0 Å². The first-order chi connectivity index (χ1) is 9.64. The molecule has 1 rings (SSSR count). The summed E-state index contributed by atoms with van der Waals surface area (Å²) in [5.74, 6) is 0. The average molecular weight is 308 g/mol.